The van der Waals surface area contributed by atoms with Crippen LogP contribution in [-0.2, 0) is 0 Å². The van der Waals surface area contributed by atoms with Crippen molar-refractivity contribution < 1.29 is 0 Å². The van der Waals surface area contributed by atoms with E-state index in [-0.39, 0.29) is 0 Å². The van der Waals surface area contributed by atoms with Crippen molar-refractivity contribution >= 4 is 32.5 Å². The van der Waals surface area contributed by atoms with Gasteiger partial charge in [0.1, 0.15) is 5.65 Å². The molecule has 0 unspecified atom stereocenters. The molecule has 26 heavy (non-hydrogen) atoms. The summed E-state index contributed by atoms with van der Waals surface area (Å²) in [6.45, 7) is 4.16. The lowest BCUT2D eigenvalue weighted by molar-refractivity contribution is 1.18. The van der Waals surface area contributed by atoms with Gasteiger partial charge < -0.3 is 4.98 Å². The van der Waals surface area contributed by atoms with Crippen LogP contribution in [0, 0.1) is 13.8 Å². The Morgan fingerprint density at radius 3 is 2.77 bits per heavy atom. The molecule has 5 rings (SSSR count). The molecule has 1 N–H and O–H groups in total. The number of nitrogens with one attached hydrogen (secondary N) is 1. The molecule has 126 valence electrons. The lowest BCUT2D eigenvalue weighted by Gasteiger charge is -2.09. The number of aromatic nitrogens is 4. The second kappa shape index (κ2) is 5.75. The molecule has 0 aliphatic heterocycles. The minimum Gasteiger partial charge on any atom is -0.345 e. The van der Waals surface area contributed by atoms with Gasteiger partial charge in [0.15, 0.2) is 0 Å². The number of aromatic amines is 1. The SMILES string of the molecule is Cc1ccnc(C)c1-c1cnc2[nH]cc(-c3cc4ccncc4s3)c2c1. The summed E-state index contributed by atoms with van der Waals surface area (Å²) in [4.78, 5) is 17.9. The van der Waals surface area contributed by atoms with Crippen LogP contribution in [0.15, 0.2) is 55.2 Å². The minimum atomic E-state index is 0.901. The van der Waals surface area contributed by atoms with Crippen molar-refractivity contribution in [3.05, 3.63) is 66.5 Å². The quantitative estimate of drug-likeness (QED) is 0.453. The van der Waals surface area contributed by atoms with E-state index < -0.39 is 0 Å². The fraction of sp³-hybridized carbons (Fsp3) is 0.0952. The van der Waals surface area contributed by atoms with Gasteiger partial charge in [0.2, 0.25) is 0 Å². The molecule has 0 aliphatic carbocycles. The average Bonchev–Trinajstić information content (AvgIpc) is 3.24. The van der Waals surface area contributed by atoms with E-state index in [0.29, 0.717) is 0 Å². The van der Waals surface area contributed by atoms with Gasteiger partial charge in [-0.3, -0.25) is 9.97 Å². The van der Waals surface area contributed by atoms with Crippen molar-refractivity contribution in [3.63, 3.8) is 0 Å². The molecule has 5 aromatic rings. The summed E-state index contributed by atoms with van der Waals surface area (Å²) in [6, 6.07) is 8.53. The Balaban J connectivity index is 1.73. The maximum Gasteiger partial charge on any atom is 0.137 e. The fourth-order valence-electron chi connectivity index (χ4n) is 3.49. The Morgan fingerprint density at radius 2 is 1.92 bits per heavy atom. The smallest absolute Gasteiger partial charge is 0.137 e. The van der Waals surface area contributed by atoms with E-state index in [4.69, 9.17) is 0 Å². The van der Waals surface area contributed by atoms with Crippen molar-refractivity contribution in [3.8, 4) is 21.6 Å². The molecule has 4 nitrogen and oxygen atoms in total. The molecule has 0 amide bonds. The minimum absolute atomic E-state index is 0.901. The highest BCUT2D eigenvalue weighted by atomic mass is 32.1. The number of pyridine rings is 3. The zero-order valence-corrected chi connectivity index (χ0v) is 15.3. The third kappa shape index (κ3) is 2.32. The summed E-state index contributed by atoms with van der Waals surface area (Å²) in [5.74, 6) is 0. The number of thiophene rings is 1. The maximum absolute atomic E-state index is 4.65. The van der Waals surface area contributed by atoms with Gasteiger partial charge in [-0.15, -0.1) is 11.3 Å². The van der Waals surface area contributed by atoms with Crippen LogP contribution >= 0.6 is 11.3 Å². The van der Waals surface area contributed by atoms with Crippen LogP contribution in [0.2, 0.25) is 0 Å². The van der Waals surface area contributed by atoms with Crippen LogP contribution in [0.25, 0.3) is 42.7 Å². The van der Waals surface area contributed by atoms with Gasteiger partial charge in [-0.05, 0) is 49.1 Å². The van der Waals surface area contributed by atoms with Crippen molar-refractivity contribution in [1.82, 2.24) is 19.9 Å². The molecule has 0 saturated carbocycles. The van der Waals surface area contributed by atoms with Crippen LogP contribution in [0.3, 0.4) is 0 Å². The lowest BCUT2D eigenvalue weighted by atomic mass is 10.00. The summed E-state index contributed by atoms with van der Waals surface area (Å²) < 4.78 is 1.19. The van der Waals surface area contributed by atoms with Crippen molar-refractivity contribution in [2.45, 2.75) is 13.8 Å². The summed E-state index contributed by atoms with van der Waals surface area (Å²) in [7, 11) is 0. The van der Waals surface area contributed by atoms with E-state index in [2.05, 4.69) is 45.1 Å². The highest BCUT2D eigenvalue weighted by Crippen LogP contribution is 2.38. The number of rotatable bonds is 2. The van der Waals surface area contributed by atoms with E-state index >= 15 is 0 Å². The number of hydrogen-bond donors (Lipinski definition) is 1. The van der Waals surface area contributed by atoms with Crippen LogP contribution in [0.4, 0.5) is 0 Å². The number of hydrogen-bond acceptors (Lipinski definition) is 4. The number of aryl methyl sites for hydroxylation is 2. The average molecular weight is 356 g/mol. The third-order valence-electron chi connectivity index (χ3n) is 4.76. The molecule has 5 heterocycles. The zero-order valence-electron chi connectivity index (χ0n) is 14.4. The first kappa shape index (κ1) is 15.2. The predicted octanol–water partition coefficient (Wildman–Crippen LogP) is 5.52. The molecule has 0 aliphatic rings. The monoisotopic (exact) mass is 356 g/mol. The van der Waals surface area contributed by atoms with E-state index in [0.717, 1.165) is 27.9 Å². The molecule has 5 aromatic heterocycles. The van der Waals surface area contributed by atoms with Crippen LogP contribution in [0.1, 0.15) is 11.3 Å². The fourth-order valence-corrected chi connectivity index (χ4v) is 4.55. The van der Waals surface area contributed by atoms with Crippen molar-refractivity contribution in [2.24, 2.45) is 0 Å². The normalized spacial score (nSPS) is 11.5. The van der Waals surface area contributed by atoms with E-state index in [1.165, 1.54) is 26.1 Å². The van der Waals surface area contributed by atoms with Gasteiger partial charge in [0.25, 0.3) is 0 Å². The Bertz CT molecular complexity index is 1210. The Hall–Kier alpha value is -3.05. The largest absolute Gasteiger partial charge is 0.345 e. The first-order valence-electron chi connectivity index (χ1n) is 8.44. The number of nitrogens with zero attached hydrogens (tertiary/aromatic N) is 3. The summed E-state index contributed by atoms with van der Waals surface area (Å²) in [5.41, 5.74) is 6.58. The van der Waals surface area contributed by atoms with Gasteiger partial charge in [0, 0.05) is 63.6 Å². The van der Waals surface area contributed by atoms with Gasteiger partial charge in [-0.1, -0.05) is 0 Å². The number of H-pyrrole nitrogens is 1. The number of fused-ring (bicyclic) bond motifs is 2. The molecule has 5 heteroatoms. The molecule has 0 radical (unpaired) electrons. The molecular formula is C21H16N4S. The van der Waals surface area contributed by atoms with Gasteiger partial charge in [-0.2, -0.15) is 0 Å². The molecule has 0 aromatic carbocycles. The first-order chi connectivity index (χ1) is 12.7. The first-order valence-corrected chi connectivity index (χ1v) is 9.26. The van der Waals surface area contributed by atoms with Crippen LogP contribution < -0.4 is 0 Å². The third-order valence-corrected chi connectivity index (χ3v) is 5.88. The van der Waals surface area contributed by atoms with Crippen molar-refractivity contribution in [2.75, 3.05) is 0 Å². The van der Waals surface area contributed by atoms with E-state index in [1.807, 2.05) is 44.0 Å². The summed E-state index contributed by atoms with van der Waals surface area (Å²) >= 11 is 1.76. The van der Waals surface area contributed by atoms with Gasteiger partial charge in [0.05, 0.1) is 4.70 Å². The standard InChI is InChI=1S/C21H16N4S/c1-12-3-6-23-13(2)20(12)15-7-16-17(10-25-21(16)24-9-15)18-8-14-4-5-22-11-19(14)26-18/h3-11H,1-2H3,(H,24,25). The molecular weight excluding hydrogens is 340 g/mol. The highest BCUT2D eigenvalue weighted by molar-refractivity contribution is 7.22. The predicted molar refractivity (Wildman–Crippen MR) is 107 cm³/mol. The highest BCUT2D eigenvalue weighted by Gasteiger charge is 2.13. The molecule has 0 spiro atoms. The van der Waals surface area contributed by atoms with Gasteiger partial charge >= 0.3 is 0 Å². The maximum atomic E-state index is 4.65. The summed E-state index contributed by atoms with van der Waals surface area (Å²) in [5, 5.41) is 2.35. The second-order valence-corrected chi connectivity index (χ2v) is 7.52. The topological polar surface area (TPSA) is 54.5 Å². The molecule has 0 fully saturated rings. The van der Waals surface area contributed by atoms with Crippen LogP contribution in [-0.4, -0.2) is 19.9 Å². The lowest BCUT2D eigenvalue weighted by Crippen LogP contribution is -1.92. The van der Waals surface area contributed by atoms with Crippen molar-refractivity contribution in [1.29, 1.82) is 0 Å². The molecule has 0 saturated heterocycles. The Labute approximate surface area is 154 Å². The Morgan fingerprint density at radius 1 is 1.00 bits per heavy atom. The van der Waals surface area contributed by atoms with E-state index in [1.54, 1.807) is 11.3 Å². The molecule has 0 bridgehead atoms. The van der Waals surface area contributed by atoms with Gasteiger partial charge in [-0.25, -0.2) is 4.98 Å². The Kier molecular flexibility index (Phi) is 3.36. The molecule has 0 atom stereocenters. The van der Waals surface area contributed by atoms with E-state index in [9.17, 15) is 0 Å². The summed E-state index contributed by atoms with van der Waals surface area (Å²) in [6.07, 6.45) is 9.58. The van der Waals surface area contributed by atoms with Crippen LogP contribution in [0.5, 0.6) is 0 Å². The second-order valence-electron chi connectivity index (χ2n) is 6.43. The zero-order chi connectivity index (χ0) is 17.7.